The average molecular weight is 295 g/mol. The van der Waals surface area contributed by atoms with E-state index in [2.05, 4.69) is 24.1 Å². The van der Waals surface area contributed by atoms with Crippen LogP contribution in [0.3, 0.4) is 0 Å². The van der Waals surface area contributed by atoms with Crippen LogP contribution < -0.4 is 5.32 Å². The monoisotopic (exact) mass is 295 g/mol. The highest BCUT2D eigenvalue weighted by atomic mass is 16.2. The number of nitrogens with one attached hydrogen (secondary N) is 1. The Balaban J connectivity index is 1.67. The highest BCUT2D eigenvalue weighted by molar-refractivity contribution is 5.85. The summed E-state index contributed by atoms with van der Waals surface area (Å²) >= 11 is 0. The minimum atomic E-state index is -0.0156. The van der Waals surface area contributed by atoms with Crippen molar-refractivity contribution in [2.24, 2.45) is 5.92 Å². The molecule has 5 nitrogen and oxygen atoms in total. The molecule has 2 amide bonds. The Kier molecular flexibility index (Phi) is 6.03. The standard InChI is InChI=1S/C16H29N3O2/c1-13(2)7-10-19(14-5-6-14)12-15(20)17-11-16(21)18-8-3-4-9-18/h13-14H,3-12H2,1-2H3,(H,17,20). The van der Waals surface area contributed by atoms with E-state index in [1.165, 1.54) is 12.8 Å². The molecule has 2 rings (SSSR count). The molecular weight excluding hydrogens is 266 g/mol. The quantitative estimate of drug-likeness (QED) is 0.733. The summed E-state index contributed by atoms with van der Waals surface area (Å²) < 4.78 is 0. The summed E-state index contributed by atoms with van der Waals surface area (Å²) in [7, 11) is 0. The van der Waals surface area contributed by atoms with Crippen molar-refractivity contribution in [3.63, 3.8) is 0 Å². The zero-order valence-electron chi connectivity index (χ0n) is 13.4. The maximum Gasteiger partial charge on any atom is 0.241 e. The molecule has 1 saturated carbocycles. The van der Waals surface area contributed by atoms with Gasteiger partial charge in [-0.05, 0) is 44.6 Å². The van der Waals surface area contributed by atoms with Crippen molar-refractivity contribution in [3.8, 4) is 0 Å². The van der Waals surface area contributed by atoms with Crippen LogP contribution in [0.5, 0.6) is 0 Å². The molecule has 120 valence electrons. The van der Waals surface area contributed by atoms with Crippen molar-refractivity contribution in [3.05, 3.63) is 0 Å². The summed E-state index contributed by atoms with van der Waals surface area (Å²) in [4.78, 5) is 28.0. The van der Waals surface area contributed by atoms with Gasteiger partial charge in [0.2, 0.25) is 11.8 Å². The molecule has 1 heterocycles. The van der Waals surface area contributed by atoms with Crippen LogP contribution in [0.25, 0.3) is 0 Å². The number of likely N-dealkylation sites (tertiary alicyclic amines) is 1. The number of hydrogen-bond donors (Lipinski definition) is 1. The van der Waals surface area contributed by atoms with Crippen molar-refractivity contribution < 1.29 is 9.59 Å². The van der Waals surface area contributed by atoms with E-state index in [0.29, 0.717) is 18.5 Å². The van der Waals surface area contributed by atoms with Gasteiger partial charge in [0, 0.05) is 19.1 Å². The third-order valence-corrected chi connectivity index (χ3v) is 4.30. The van der Waals surface area contributed by atoms with Crippen molar-refractivity contribution in [2.45, 2.75) is 52.0 Å². The van der Waals surface area contributed by atoms with E-state index >= 15 is 0 Å². The zero-order valence-corrected chi connectivity index (χ0v) is 13.4. The fourth-order valence-electron chi connectivity index (χ4n) is 2.75. The maximum atomic E-state index is 12.0. The SMILES string of the molecule is CC(C)CCN(CC(=O)NCC(=O)N1CCCC1)C1CC1. The van der Waals surface area contributed by atoms with Gasteiger partial charge >= 0.3 is 0 Å². The molecule has 5 heteroatoms. The summed E-state index contributed by atoms with van der Waals surface area (Å²) in [6.45, 7) is 7.68. The van der Waals surface area contributed by atoms with E-state index in [4.69, 9.17) is 0 Å². The Morgan fingerprint density at radius 1 is 1.24 bits per heavy atom. The Morgan fingerprint density at radius 3 is 2.48 bits per heavy atom. The molecule has 0 spiro atoms. The maximum absolute atomic E-state index is 12.0. The molecule has 0 bridgehead atoms. The molecule has 0 aromatic heterocycles. The molecule has 0 aromatic rings. The van der Waals surface area contributed by atoms with Crippen LogP contribution in [-0.4, -0.2) is 60.4 Å². The largest absolute Gasteiger partial charge is 0.346 e. The predicted molar refractivity (Wildman–Crippen MR) is 82.9 cm³/mol. The molecule has 1 saturated heterocycles. The normalized spacial score (nSPS) is 18.6. The van der Waals surface area contributed by atoms with Gasteiger partial charge in [-0.2, -0.15) is 0 Å². The second-order valence-electron chi connectivity index (χ2n) is 6.75. The van der Waals surface area contributed by atoms with Crippen LogP contribution in [-0.2, 0) is 9.59 Å². The lowest BCUT2D eigenvalue weighted by Gasteiger charge is -2.22. The van der Waals surface area contributed by atoms with Crippen LogP contribution in [0.1, 0.15) is 46.0 Å². The van der Waals surface area contributed by atoms with Gasteiger partial charge in [0.1, 0.15) is 0 Å². The molecule has 21 heavy (non-hydrogen) atoms. The van der Waals surface area contributed by atoms with Gasteiger partial charge in [-0.1, -0.05) is 13.8 Å². The van der Waals surface area contributed by atoms with Crippen LogP contribution in [0.15, 0.2) is 0 Å². The lowest BCUT2D eigenvalue weighted by molar-refractivity contribution is -0.132. The molecule has 0 unspecified atom stereocenters. The van der Waals surface area contributed by atoms with Gasteiger partial charge < -0.3 is 10.2 Å². The third kappa shape index (κ3) is 5.65. The Hall–Kier alpha value is -1.10. The highest BCUT2D eigenvalue weighted by Crippen LogP contribution is 2.27. The van der Waals surface area contributed by atoms with Crippen LogP contribution in [0.2, 0.25) is 0 Å². The van der Waals surface area contributed by atoms with Gasteiger partial charge in [0.15, 0.2) is 0 Å². The second kappa shape index (κ2) is 7.78. The topological polar surface area (TPSA) is 52.7 Å². The third-order valence-electron chi connectivity index (χ3n) is 4.30. The fraction of sp³-hybridized carbons (Fsp3) is 0.875. The van der Waals surface area contributed by atoms with E-state index in [9.17, 15) is 9.59 Å². The van der Waals surface area contributed by atoms with E-state index in [1.807, 2.05) is 4.90 Å². The summed E-state index contributed by atoms with van der Waals surface area (Å²) in [5, 5.41) is 2.79. The smallest absolute Gasteiger partial charge is 0.241 e. The van der Waals surface area contributed by atoms with E-state index in [1.54, 1.807) is 0 Å². The summed E-state index contributed by atoms with van der Waals surface area (Å²) in [6, 6.07) is 0.587. The molecule has 1 N–H and O–H groups in total. The molecule has 2 fully saturated rings. The number of hydrogen-bond acceptors (Lipinski definition) is 3. The zero-order chi connectivity index (χ0) is 15.2. The summed E-state index contributed by atoms with van der Waals surface area (Å²) in [5.41, 5.74) is 0. The van der Waals surface area contributed by atoms with Crippen molar-refractivity contribution >= 4 is 11.8 Å². The molecule has 0 radical (unpaired) electrons. The number of rotatable bonds is 8. The van der Waals surface area contributed by atoms with Gasteiger partial charge in [0.05, 0.1) is 13.1 Å². The van der Waals surface area contributed by atoms with E-state index < -0.39 is 0 Å². The number of carbonyl (C=O) groups excluding carboxylic acids is 2. The first-order valence-electron chi connectivity index (χ1n) is 8.35. The highest BCUT2D eigenvalue weighted by Gasteiger charge is 2.30. The average Bonchev–Trinajstić information content (AvgIpc) is 3.14. The number of nitrogens with zero attached hydrogens (tertiary/aromatic N) is 2. The number of amides is 2. The Labute approximate surface area is 128 Å². The minimum absolute atomic E-state index is 0.0156. The lowest BCUT2D eigenvalue weighted by atomic mass is 10.1. The Morgan fingerprint density at radius 2 is 1.90 bits per heavy atom. The molecule has 1 aliphatic carbocycles. The fourth-order valence-corrected chi connectivity index (χ4v) is 2.75. The summed E-state index contributed by atoms with van der Waals surface area (Å²) in [5.74, 6) is 0.699. The van der Waals surface area contributed by atoms with Crippen LogP contribution in [0, 0.1) is 5.92 Å². The lowest BCUT2D eigenvalue weighted by Crippen LogP contribution is -2.43. The van der Waals surface area contributed by atoms with Gasteiger partial charge in [0.25, 0.3) is 0 Å². The molecule has 2 aliphatic rings. The first-order valence-corrected chi connectivity index (χ1v) is 8.35. The van der Waals surface area contributed by atoms with Gasteiger partial charge in [-0.15, -0.1) is 0 Å². The molecule has 0 atom stereocenters. The summed E-state index contributed by atoms with van der Waals surface area (Å²) in [6.07, 6.45) is 5.71. The second-order valence-corrected chi connectivity index (χ2v) is 6.75. The van der Waals surface area contributed by atoms with Crippen molar-refractivity contribution in [2.75, 3.05) is 32.7 Å². The number of carbonyl (C=O) groups is 2. The molecule has 0 aromatic carbocycles. The molecular formula is C16H29N3O2. The first-order chi connectivity index (χ1) is 10.1. The van der Waals surface area contributed by atoms with E-state index in [-0.39, 0.29) is 18.4 Å². The first kappa shape index (κ1) is 16.3. The van der Waals surface area contributed by atoms with Crippen LogP contribution >= 0.6 is 0 Å². The van der Waals surface area contributed by atoms with Crippen LogP contribution in [0.4, 0.5) is 0 Å². The van der Waals surface area contributed by atoms with Crippen molar-refractivity contribution in [1.82, 2.24) is 15.1 Å². The Bertz CT molecular complexity index is 361. The molecule has 1 aliphatic heterocycles. The van der Waals surface area contributed by atoms with Crippen molar-refractivity contribution in [1.29, 1.82) is 0 Å². The van der Waals surface area contributed by atoms with E-state index in [0.717, 1.165) is 38.9 Å². The minimum Gasteiger partial charge on any atom is -0.346 e. The van der Waals surface area contributed by atoms with Gasteiger partial charge in [-0.3, -0.25) is 14.5 Å². The predicted octanol–water partition coefficient (Wildman–Crippen LogP) is 1.24. The van der Waals surface area contributed by atoms with Gasteiger partial charge in [-0.25, -0.2) is 0 Å².